The molecule has 0 N–H and O–H groups in total. The number of benzene rings is 3. The highest BCUT2D eigenvalue weighted by Gasteiger charge is 2.31. The van der Waals surface area contributed by atoms with E-state index in [9.17, 15) is 8.42 Å². The molecular formula is C32H26N2O4S. The second kappa shape index (κ2) is 10.0. The molecule has 6 rings (SSSR count). The van der Waals surface area contributed by atoms with Crippen molar-refractivity contribution >= 4 is 27.0 Å². The quantitative estimate of drug-likeness (QED) is 0.199. The van der Waals surface area contributed by atoms with Gasteiger partial charge in [-0.15, -0.1) is 13.2 Å². The third-order valence-corrected chi connectivity index (χ3v) is 8.86. The van der Waals surface area contributed by atoms with E-state index < -0.39 is 15.1 Å². The molecule has 3 aromatic carbocycles. The number of sulfone groups is 1. The molecule has 2 aromatic heterocycles. The van der Waals surface area contributed by atoms with E-state index in [0.717, 1.165) is 35.1 Å². The molecular weight excluding hydrogens is 508 g/mol. The summed E-state index contributed by atoms with van der Waals surface area (Å²) < 4.78 is 39.1. The van der Waals surface area contributed by atoms with Crippen molar-refractivity contribution in [2.45, 2.75) is 29.4 Å². The molecule has 1 unspecified atom stereocenters. The molecule has 0 radical (unpaired) electrons. The van der Waals surface area contributed by atoms with E-state index in [1.807, 2.05) is 60.7 Å². The summed E-state index contributed by atoms with van der Waals surface area (Å²) in [6.07, 6.45) is 8.87. The minimum atomic E-state index is -3.70. The highest BCUT2D eigenvalue weighted by atomic mass is 32.2. The zero-order valence-electron chi connectivity index (χ0n) is 21.2. The molecule has 2 heterocycles. The lowest BCUT2D eigenvalue weighted by Gasteiger charge is -2.16. The van der Waals surface area contributed by atoms with Crippen molar-refractivity contribution in [2.24, 2.45) is 0 Å². The SMILES string of the molecule is C=CCc1ccc(-c2nc3c(o2)C=CC(S(=O)(=O)c2ccc4oc(-c5ccc(CC=C)cc5)nc4c2)C3)cc1. The van der Waals surface area contributed by atoms with Crippen LogP contribution in [0, 0.1) is 0 Å². The van der Waals surface area contributed by atoms with Crippen molar-refractivity contribution in [3.8, 4) is 22.9 Å². The fourth-order valence-corrected chi connectivity index (χ4v) is 6.26. The van der Waals surface area contributed by atoms with E-state index in [1.54, 1.807) is 30.4 Å². The Morgan fingerprint density at radius 3 is 2.05 bits per heavy atom. The Hall–Kier alpha value is -4.49. The number of fused-ring (bicyclic) bond motifs is 2. The number of allylic oxidation sites excluding steroid dienone is 2. The van der Waals surface area contributed by atoms with Gasteiger partial charge in [0, 0.05) is 17.5 Å². The van der Waals surface area contributed by atoms with Crippen LogP contribution in [-0.4, -0.2) is 23.6 Å². The first kappa shape index (κ1) is 24.8. The molecule has 5 aromatic rings. The molecule has 0 amide bonds. The molecule has 0 aliphatic heterocycles. The molecule has 0 fully saturated rings. The van der Waals surface area contributed by atoms with E-state index in [2.05, 4.69) is 23.1 Å². The summed E-state index contributed by atoms with van der Waals surface area (Å²) in [4.78, 5) is 9.38. The van der Waals surface area contributed by atoms with Gasteiger partial charge in [-0.05, 0) is 72.5 Å². The van der Waals surface area contributed by atoms with Crippen molar-refractivity contribution in [3.05, 3.63) is 121 Å². The van der Waals surface area contributed by atoms with E-state index in [1.165, 1.54) is 0 Å². The van der Waals surface area contributed by atoms with Crippen molar-refractivity contribution in [3.63, 3.8) is 0 Å². The smallest absolute Gasteiger partial charge is 0.227 e. The van der Waals surface area contributed by atoms with Crippen LogP contribution in [0.3, 0.4) is 0 Å². The molecule has 0 bridgehead atoms. The first-order valence-corrected chi connectivity index (χ1v) is 14.2. The maximum absolute atomic E-state index is 13.6. The minimum absolute atomic E-state index is 0.191. The van der Waals surface area contributed by atoms with Gasteiger partial charge in [0.2, 0.25) is 11.8 Å². The van der Waals surface area contributed by atoms with Crippen LogP contribution in [0.25, 0.3) is 40.1 Å². The first-order valence-electron chi connectivity index (χ1n) is 12.7. The van der Waals surface area contributed by atoms with E-state index in [0.29, 0.717) is 34.3 Å². The molecule has 7 heteroatoms. The van der Waals surface area contributed by atoms with Crippen LogP contribution < -0.4 is 0 Å². The Labute approximate surface area is 227 Å². The van der Waals surface area contributed by atoms with Gasteiger partial charge in [0.25, 0.3) is 0 Å². The van der Waals surface area contributed by atoms with Gasteiger partial charge in [-0.3, -0.25) is 0 Å². The van der Waals surface area contributed by atoms with Gasteiger partial charge in [-0.1, -0.05) is 42.5 Å². The zero-order chi connectivity index (χ0) is 27.0. The number of hydrogen-bond acceptors (Lipinski definition) is 6. The van der Waals surface area contributed by atoms with Crippen LogP contribution in [0.1, 0.15) is 22.6 Å². The zero-order valence-corrected chi connectivity index (χ0v) is 22.0. The molecule has 0 spiro atoms. The third-order valence-electron chi connectivity index (χ3n) is 6.83. The summed E-state index contributed by atoms with van der Waals surface area (Å²) in [7, 11) is -3.70. The Morgan fingerprint density at radius 2 is 1.44 bits per heavy atom. The van der Waals surface area contributed by atoms with Gasteiger partial charge in [-0.25, -0.2) is 18.4 Å². The number of rotatable bonds is 8. The van der Waals surface area contributed by atoms with Gasteiger partial charge >= 0.3 is 0 Å². The van der Waals surface area contributed by atoms with Gasteiger partial charge < -0.3 is 8.83 Å². The molecule has 1 aliphatic rings. The maximum Gasteiger partial charge on any atom is 0.227 e. The minimum Gasteiger partial charge on any atom is -0.436 e. The molecule has 1 atom stereocenters. The Morgan fingerprint density at radius 1 is 0.821 bits per heavy atom. The molecule has 39 heavy (non-hydrogen) atoms. The largest absolute Gasteiger partial charge is 0.436 e. The summed E-state index contributed by atoms with van der Waals surface area (Å²) in [5, 5.41) is -0.765. The van der Waals surface area contributed by atoms with E-state index in [-0.39, 0.29) is 11.3 Å². The molecule has 194 valence electrons. The standard InChI is InChI=1S/C32H26N2O4S/c1-3-5-21-7-11-23(12-8-21)31-33-27-19-25(15-17-29(27)37-31)39(35,36)26-16-18-30-28(20-26)34-32(38-30)24-13-9-22(6-4-2)10-14-24/h3-4,7-19,26H,1-2,5-6,20H2. The summed E-state index contributed by atoms with van der Waals surface area (Å²) in [6.45, 7) is 7.53. The number of oxazole rings is 2. The molecule has 0 saturated carbocycles. The second-order valence-corrected chi connectivity index (χ2v) is 11.7. The topological polar surface area (TPSA) is 86.2 Å². The van der Waals surface area contributed by atoms with Crippen molar-refractivity contribution in [1.29, 1.82) is 0 Å². The van der Waals surface area contributed by atoms with Crippen LogP contribution in [-0.2, 0) is 29.1 Å². The van der Waals surface area contributed by atoms with Crippen LogP contribution in [0.4, 0.5) is 0 Å². The number of hydrogen-bond donors (Lipinski definition) is 0. The van der Waals surface area contributed by atoms with Crippen molar-refractivity contribution in [1.82, 2.24) is 9.97 Å². The average molecular weight is 535 g/mol. The fourth-order valence-electron chi connectivity index (χ4n) is 4.71. The number of aromatic nitrogens is 2. The van der Waals surface area contributed by atoms with Gasteiger partial charge in [0.1, 0.15) is 5.52 Å². The normalized spacial score (nSPS) is 14.8. The highest BCUT2D eigenvalue weighted by molar-refractivity contribution is 7.92. The predicted molar refractivity (Wildman–Crippen MR) is 153 cm³/mol. The Kier molecular flexibility index (Phi) is 6.37. The molecule has 1 aliphatic carbocycles. The molecule has 6 nitrogen and oxygen atoms in total. The average Bonchev–Trinajstić information content (AvgIpc) is 3.58. The summed E-state index contributed by atoms with van der Waals surface area (Å²) >= 11 is 0. The predicted octanol–water partition coefficient (Wildman–Crippen LogP) is 7.02. The van der Waals surface area contributed by atoms with Crippen LogP contribution in [0.5, 0.6) is 0 Å². The lowest BCUT2D eigenvalue weighted by Crippen LogP contribution is -2.24. The monoisotopic (exact) mass is 534 g/mol. The highest BCUT2D eigenvalue weighted by Crippen LogP contribution is 2.32. The van der Waals surface area contributed by atoms with Crippen molar-refractivity contribution in [2.75, 3.05) is 0 Å². The Bertz CT molecular complexity index is 1830. The van der Waals surface area contributed by atoms with Crippen molar-refractivity contribution < 1.29 is 17.3 Å². The van der Waals surface area contributed by atoms with Gasteiger partial charge in [0.15, 0.2) is 21.2 Å². The summed E-state index contributed by atoms with van der Waals surface area (Å²) in [6, 6.07) is 20.6. The summed E-state index contributed by atoms with van der Waals surface area (Å²) in [5.41, 5.74) is 5.60. The fraction of sp³-hybridized carbons (Fsp3) is 0.125. The number of nitrogens with zero attached hydrogens (tertiary/aromatic N) is 2. The van der Waals surface area contributed by atoms with E-state index >= 15 is 0 Å². The maximum atomic E-state index is 13.6. The first-order chi connectivity index (χ1) is 18.9. The third kappa shape index (κ3) is 4.77. The Balaban J connectivity index is 1.24. The van der Waals surface area contributed by atoms with Crippen LogP contribution >= 0.6 is 0 Å². The second-order valence-electron chi connectivity index (χ2n) is 9.50. The van der Waals surface area contributed by atoms with E-state index in [4.69, 9.17) is 8.83 Å². The molecule has 0 saturated heterocycles. The lowest BCUT2D eigenvalue weighted by molar-refractivity contribution is 0.558. The lowest BCUT2D eigenvalue weighted by atomic mass is 10.1. The summed E-state index contributed by atoms with van der Waals surface area (Å²) in [5.74, 6) is 1.50. The van der Waals surface area contributed by atoms with Crippen LogP contribution in [0.2, 0.25) is 0 Å². The van der Waals surface area contributed by atoms with Gasteiger partial charge in [0.05, 0.1) is 15.8 Å². The van der Waals surface area contributed by atoms with Crippen LogP contribution in [0.15, 0.2) is 112 Å². The van der Waals surface area contributed by atoms with Gasteiger partial charge in [-0.2, -0.15) is 0 Å².